The van der Waals surface area contributed by atoms with E-state index in [1.165, 1.54) is 5.56 Å². The smallest absolute Gasteiger partial charge is 0.161 e. The van der Waals surface area contributed by atoms with E-state index in [0.29, 0.717) is 38.1 Å². The Bertz CT molecular complexity index is 1410. The Balaban J connectivity index is 1.52. The van der Waals surface area contributed by atoms with E-state index in [9.17, 15) is 0 Å². The van der Waals surface area contributed by atoms with Crippen LogP contribution in [0.15, 0.2) is 72.8 Å². The average Bonchev–Trinajstić information content (AvgIpc) is 3.30. The minimum atomic E-state index is 0.0670. The van der Waals surface area contributed by atoms with Crippen LogP contribution in [0.3, 0.4) is 0 Å². The molecule has 0 aliphatic carbocycles. The van der Waals surface area contributed by atoms with Crippen molar-refractivity contribution < 1.29 is 14.2 Å². The van der Waals surface area contributed by atoms with E-state index >= 15 is 0 Å². The number of aromatic nitrogens is 2. The zero-order chi connectivity index (χ0) is 27.9. The van der Waals surface area contributed by atoms with Crippen LogP contribution in [0.25, 0.3) is 11.4 Å². The van der Waals surface area contributed by atoms with E-state index in [2.05, 4.69) is 65.8 Å². The van der Waals surface area contributed by atoms with Gasteiger partial charge in [0.1, 0.15) is 24.8 Å². The van der Waals surface area contributed by atoms with Crippen molar-refractivity contribution in [3.63, 3.8) is 0 Å². The van der Waals surface area contributed by atoms with Gasteiger partial charge in [-0.05, 0) is 55.7 Å². The maximum Gasteiger partial charge on any atom is 0.161 e. The molecule has 5 rings (SSSR count). The van der Waals surface area contributed by atoms with Gasteiger partial charge in [0.2, 0.25) is 0 Å². The molecule has 1 atom stereocenters. The van der Waals surface area contributed by atoms with Crippen LogP contribution in [-0.2, 0) is 19.6 Å². The second-order valence-electron chi connectivity index (χ2n) is 10.1. The molecule has 6 nitrogen and oxygen atoms in total. The highest BCUT2D eigenvalue weighted by Gasteiger charge is 2.25. The van der Waals surface area contributed by atoms with Crippen molar-refractivity contribution in [2.24, 2.45) is 0 Å². The number of benzene rings is 3. The molecule has 1 aliphatic rings. The topological polar surface area (TPSA) is 48.8 Å². The predicted molar refractivity (Wildman–Crippen MR) is 160 cm³/mol. The zero-order valence-corrected chi connectivity index (χ0v) is 24.4. The summed E-state index contributed by atoms with van der Waals surface area (Å²) in [5.74, 6) is 3.39. The summed E-state index contributed by atoms with van der Waals surface area (Å²) in [4.78, 5) is 7.31. The fraction of sp³-hybridized carbons (Fsp3) is 0.364. The first-order valence-electron chi connectivity index (χ1n) is 14.2. The van der Waals surface area contributed by atoms with Gasteiger partial charge in [0, 0.05) is 31.2 Å². The van der Waals surface area contributed by atoms with Crippen LogP contribution in [-0.4, -0.2) is 34.3 Å². The number of unbranched alkanes of at least 4 members (excludes halogenated alkanes) is 1. The third-order valence-electron chi connectivity index (χ3n) is 7.34. The highest BCUT2D eigenvalue weighted by molar-refractivity contribution is 6.30. The first-order chi connectivity index (χ1) is 19.6. The summed E-state index contributed by atoms with van der Waals surface area (Å²) in [7, 11) is 0. The number of fused-ring (bicyclic) bond motifs is 1. The van der Waals surface area contributed by atoms with Crippen LogP contribution in [0, 0.1) is 0 Å². The van der Waals surface area contributed by atoms with Crippen molar-refractivity contribution in [3.05, 3.63) is 94.8 Å². The van der Waals surface area contributed by atoms with Gasteiger partial charge in [-0.3, -0.25) is 4.90 Å². The van der Waals surface area contributed by atoms with Crippen LogP contribution in [0.2, 0.25) is 5.15 Å². The van der Waals surface area contributed by atoms with Crippen LogP contribution >= 0.6 is 11.6 Å². The van der Waals surface area contributed by atoms with Gasteiger partial charge in [-0.1, -0.05) is 73.5 Å². The molecule has 0 spiro atoms. The van der Waals surface area contributed by atoms with E-state index in [1.807, 2.05) is 37.3 Å². The fourth-order valence-corrected chi connectivity index (χ4v) is 5.40. The van der Waals surface area contributed by atoms with Gasteiger partial charge < -0.3 is 18.8 Å². The Morgan fingerprint density at radius 3 is 2.52 bits per heavy atom. The Morgan fingerprint density at radius 2 is 1.75 bits per heavy atom. The predicted octanol–water partition coefficient (Wildman–Crippen LogP) is 7.94. The first-order valence-corrected chi connectivity index (χ1v) is 14.6. The molecule has 40 heavy (non-hydrogen) atoms. The monoisotopic (exact) mass is 559 g/mol. The summed E-state index contributed by atoms with van der Waals surface area (Å²) >= 11 is 6.92. The second kappa shape index (κ2) is 13.2. The molecule has 2 heterocycles. The molecular weight excluding hydrogens is 522 g/mol. The van der Waals surface area contributed by atoms with Gasteiger partial charge in [-0.2, -0.15) is 0 Å². The second-order valence-corrected chi connectivity index (χ2v) is 10.5. The molecular formula is C33H38ClN3O3. The Labute approximate surface area is 242 Å². The van der Waals surface area contributed by atoms with Gasteiger partial charge in [-0.25, -0.2) is 4.98 Å². The zero-order valence-electron chi connectivity index (χ0n) is 23.6. The first kappa shape index (κ1) is 28.1. The Morgan fingerprint density at radius 1 is 0.950 bits per heavy atom. The fourth-order valence-electron chi connectivity index (χ4n) is 5.16. The summed E-state index contributed by atoms with van der Waals surface area (Å²) in [5, 5.41) is 0.553. The summed E-state index contributed by atoms with van der Waals surface area (Å²) in [6, 6.07) is 25.0. The molecule has 0 saturated heterocycles. The average molecular weight is 560 g/mol. The molecule has 0 saturated carbocycles. The molecule has 1 unspecified atom stereocenters. The van der Waals surface area contributed by atoms with Gasteiger partial charge in [0.05, 0.1) is 12.3 Å². The largest absolute Gasteiger partial charge is 0.494 e. The van der Waals surface area contributed by atoms with Crippen LogP contribution in [0.5, 0.6) is 17.2 Å². The highest BCUT2D eigenvalue weighted by Crippen LogP contribution is 2.36. The number of hydrogen-bond acceptors (Lipinski definition) is 5. The van der Waals surface area contributed by atoms with Crippen molar-refractivity contribution in [1.29, 1.82) is 0 Å². The maximum atomic E-state index is 6.92. The van der Waals surface area contributed by atoms with Crippen molar-refractivity contribution in [3.8, 4) is 28.6 Å². The lowest BCUT2D eigenvalue weighted by atomic mass is 10.0. The number of rotatable bonds is 12. The third kappa shape index (κ3) is 6.45. The number of imidazole rings is 1. The van der Waals surface area contributed by atoms with Crippen LogP contribution < -0.4 is 14.2 Å². The number of ether oxygens (including phenoxy) is 3. The minimum absolute atomic E-state index is 0.0670. The van der Waals surface area contributed by atoms with Gasteiger partial charge in [0.25, 0.3) is 0 Å². The summed E-state index contributed by atoms with van der Waals surface area (Å²) < 4.78 is 19.8. The Hall–Kier alpha value is -3.48. The van der Waals surface area contributed by atoms with Crippen LogP contribution in [0.1, 0.15) is 56.5 Å². The van der Waals surface area contributed by atoms with E-state index < -0.39 is 0 Å². The van der Waals surface area contributed by atoms with Crippen LogP contribution in [0.4, 0.5) is 0 Å². The quantitative estimate of drug-likeness (QED) is 0.176. The Kier molecular flexibility index (Phi) is 9.30. The van der Waals surface area contributed by atoms with Gasteiger partial charge >= 0.3 is 0 Å². The summed E-state index contributed by atoms with van der Waals surface area (Å²) in [6.45, 7) is 10.4. The molecule has 0 amide bonds. The lowest BCUT2D eigenvalue weighted by Crippen LogP contribution is -2.28. The van der Waals surface area contributed by atoms with E-state index in [-0.39, 0.29) is 6.04 Å². The van der Waals surface area contributed by atoms with Crippen molar-refractivity contribution in [2.75, 3.05) is 19.8 Å². The lowest BCUT2D eigenvalue weighted by molar-refractivity contribution is 0.168. The van der Waals surface area contributed by atoms with Gasteiger partial charge in [-0.15, -0.1) is 0 Å². The van der Waals surface area contributed by atoms with Crippen molar-refractivity contribution >= 4 is 11.6 Å². The minimum Gasteiger partial charge on any atom is -0.494 e. The maximum absolute atomic E-state index is 6.92. The van der Waals surface area contributed by atoms with Crippen molar-refractivity contribution in [2.45, 2.75) is 59.3 Å². The molecule has 4 aromatic rings. The SMILES string of the molecule is CCCCn1c(-c2ccccc2)nc(Cl)c1CN(Cc1cccc(OCC)c1)C(C)c1ccc2c(c1)OCCO2. The molecule has 210 valence electrons. The summed E-state index contributed by atoms with van der Waals surface area (Å²) in [5.41, 5.74) is 4.43. The molecule has 0 bridgehead atoms. The van der Waals surface area contributed by atoms with Gasteiger partial charge in [0.15, 0.2) is 16.7 Å². The molecule has 7 heteroatoms. The number of hydrogen-bond donors (Lipinski definition) is 0. The molecule has 3 aromatic carbocycles. The third-order valence-corrected chi connectivity index (χ3v) is 7.64. The van der Waals surface area contributed by atoms with Crippen molar-refractivity contribution in [1.82, 2.24) is 14.5 Å². The van der Waals surface area contributed by atoms with E-state index in [1.54, 1.807) is 0 Å². The lowest BCUT2D eigenvalue weighted by Gasteiger charge is -2.31. The number of halogens is 1. The molecule has 0 radical (unpaired) electrons. The molecule has 1 aromatic heterocycles. The van der Waals surface area contributed by atoms with E-state index in [4.69, 9.17) is 30.8 Å². The van der Waals surface area contributed by atoms with E-state index in [0.717, 1.165) is 59.3 Å². The molecule has 0 fully saturated rings. The number of nitrogens with zero attached hydrogens (tertiary/aromatic N) is 3. The highest BCUT2D eigenvalue weighted by atomic mass is 35.5. The molecule has 1 aliphatic heterocycles. The molecule has 0 N–H and O–H groups in total. The standard InChI is InChI=1S/C33H38ClN3O3/c1-4-6-17-37-29(32(34)35-33(37)26-12-8-7-9-13-26)23-36(22-25-11-10-14-28(20-25)38-5-2)24(3)27-15-16-30-31(21-27)40-19-18-39-30/h7-16,20-21,24H,4-6,17-19,22-23H2,1-3H3. The normalized spacial score (nSPS) is 13.4. The summed E-state index contributed by atoms with van der Waals surface area (Å²) in [6.07, 6.45) is 2.14.